The number of carbonyl (C=O) groups excluding carboxylic acids is 1. The molecule has 0 atom stereocenters. The Bertz CT molecular complexity index is 347. The van der Waals surface area contributed by atoms with Crippen LogP contribution in [-0.2, 0) is 4.74 Å². The lowest BCUT2D eigenvalue weighted by atomic mass is 10.1. The molecule has 3 nitrogen and oxygen atoms in total. The number of ether oxygens (including phenoxy) is 1. The summed E-state index contributed by atoms with van der Waals surface area (Å²) in [6.45, 7) is 4.43. The smallest absolute Gasteiger partial charge is 0.338 e. The highest BCUT2D eigenvalue weighted by Gasteiger charge is 2.07. The zero-order valence-electron chi connectivity index (χ0n) is 9.25. The monoisotopic (exact) mass is 207 g/mol. The number of anilines is 1. The summed E-state index contributed by atoms with van der Waals surface area (Å²) in [5, 5.41) is 0. The standard InChI is InChI=1S/C12H17NO2/c1-3-4-7-15-12(14)10-6-5-9(2)11(13)8-10/h5-6,8H,3-4,7,13H2,1-2H3. The minimum atomic E-state index is -0.296. The van der Waals surface area contributed by atoms with Crippen molar-refractivity contribution in [1.29, 1.82) is 0 Å². The molecular formula is C12H17NO2. The molecule has 0 radical (unpaired) electrons. The number of esters is 1. The summed E-state index contributed by atoms with van der Waals surface area (Å²) in [4.78, 5) is 11.5. The van der Waals surface area contributed by atoms with Crippen molar-refractivity contribution in [2.75, 3.05) is 12.3 Å². The molecule has 0 unspecified atom stereocenters. The van der Waals surface area contributed by atoms with E-state index in [1.807, 2.05) is 13.0 Å². The van der Waals surface area contributed by atoms with Crippen molar-refractivity contribution in [3.63, 3.8) is 0 Å². The summed E-state index contributed by atoms with van der Waals surface area (Å²) in [6.07, 6.45) is 1.91. The van der Waals surface area contributed by atoms with Crippen molar-refractivity contribution < 1.29 is 9.53 Å². The van der Waals surface area contributed by atoms with Crippen LogP contribution in [0.5, 0.6) is 0 Å². The van der Waals surface area contributed by atoms with E-state index in [9.17, 15) is 4.79 Å². The zero-order valence-corrected chi connectivity index (χ0v) is 9.25. The first-order chi connectivity index (χ1) is 7.15. The normalized spacial score (nSPS) is 10.0. The molecule has 0 aliphatic carbocycles. The number of benzene rings is 1. The molecule has 0 aliphatic heterocycles. The second-order valence-corrected chi connectivity index (χ2v) is 3.56. The third-order valence-corrected chi connectivity index (χ3v) is 2.25. The summed E-state index contributed by atoms with van der Waals surface area (Å²) < 4.78 is 5.07. The number of carbonyl (C=O) groups is 1. The highest BCUT2D eigenvalue weighted by atomic mass is 16.5. The molecule has 0 bridgehead atoms. The molecule has 1 aromatic carbocycles. The number of hydrogen-bond donors (Lipinski definition) is 1. The maximum atomic E-state index is 11.5. The Labute approximate surface area is 90.2 Å². The van der Waals surface area contributed by atoms with Crippen LogP contribution in [0.15, 0.2) is 18.2 Å². The molecule has 1 aromatic rings. The van der Waals surface area contributed by atoms with Gasteiger partial charge in [0, 0.05) is 5.69 Å². The third-order valence-electron chi connectivity index (χ3n) is 2.25. The summed E-state index contributed by atoms with van der Waals surface area (Å²) >= 11 is 0. The van der Waals surface area contributed by atoms with Crippen molar-refractivity contribution in [1.82, 2.24) is 0 Å². The Morgan fingerprint density at radius 1 is 1.47 bits per heavy atom. The zero-order chi connectivity index (χ0) is 11.3. The molecule has 15 heavy (non-hydrogen) atoms. The van der Waals surface area contributed by atoms with Crippen LogP contribution in [-0.4, -0.2) is 12.6 Å². The molecule has 0 spiro atoms. The van der Waals surface area contributed by atoms with Crippen LogP contribution in [0, 0.1) is 6.92 Å². The number of nitrogen functional groups attached to an aromatic ring is 1. The van der Waals surface area contributed by atoms with Crippen LogP contribution in [0.4, 0.5) is 5.69 Å². The number of nitrogens with two attached hydrogens (primary N) is 1. The number of rotatable bonds is 4. The largest absolute Gasteiger partial charge is 0.462 e. The minimum absolute atomic E-state index is 0.296. The van der Waals surface area contributed by atoms with Gasteiger partial charge in [0.15, 0.2) is 0 Å². The van der Waals surface area contributed by atoms with Gasteiger partial charge < -0.3 is 10.5 Å². The van der Waals surface area contributed by atoms with Crippen molar-refractivity contribution in [3.8, 4) is 0 Å². The van der Waals surface area contributed by atoms with Crippen molar-refractivity contribution in [2.24, 2.45) is 0 Å². The van der Waals surface area contributed by atoms with Gasteiger partial charge in [-0.15, -0.1) is 0 Å². The molecule has 0 amide bonds. The molecule has 0 fully saturated rings. The van der Waals surface area contributed by atoms with E-state index < -0.39 is 0 Å². The van der Waals surface area contributed by atoms with Gasteiger partial charge in [-0.2, -0.15) is 0 Å². The van der Waals surface area contributed by atoms with Crippen LogP contribution in [0.1, 0.15) is 35.7 Å². The van der Waals surface area contributed by atoms with Gasteiger partial charge in [0.1, 0.15) is 0 Å². The van der Waals surface area contributed by atoms with E-state index >= 15 is 0 Å². The lowest BCUT2D eigenvalue weighted by Crippen LogP contribution is -2.07. The quantitative estimate of drug-likeness (QED) is 0.469. The van der Waals surface area contributed by atoms with Crippen LogP contribution >= 0.6 is 0 Å². The second kappa shape index (κ2) is 5.39. The molecule has 3 heteroatoms. The Hall–Kier alpha value is -1.51. The molecule has 0 aromatic heterocycles. The van der Waals surface area contributed by atoms with Crippen LogP contribution < -0.4 is 5.73 Å². The lowest BCUT2D eigenvalue weighted by molar-refractivity contribution is 0.0500. The predicted octanol–water partition coefficient (Wildman–Crippen LogP) is 2.53. The second-order valence-electron chi connectivity index (χ2n) is 3.56. The van der Waals surface area contributed by atoms with E-state index in [0.717, 1.165) is 18.4 Å². The Morgan fingerprint density at radius 3 is 2.80 bits per heavy atom. The summed E-state index contributed by atoms with van der Waals surface area (Å²) in [5.74, 6) is -0.296. The fraction of sp³-hybridized carbons (Fsp3) is 0.417. The van der Waals surface area contributed by atoms with Crippen molar-refractivity contribution in [3.05, 3.63) is 29.3 Å². The predicted molar refractivity (Wildman–Crippen MR) is 60.8 cm³/mol. The number of unbranched alkanes of at least 4 members (excludes halogenated alkanes) is 1. The first-order valence-corrected chi connectivity index (χ1v) is 5.18. The van der Waals surface area contributed by atoms with E-state index in [2.05, 4.69) is 6.92 Å². The minimum Gasteiger partial charge on any atom is -0.462 e. The molecular weight excluding hydrogens is 190 g/mol. The summed E-state index contributed by atoms with van der Waals surface area (Å²) in [5.41, 5.74) is 7.83. The number of aryl methyl sites for hydroxylation is 1. The van der Waals surface area contributed by atoms with Gasteiger partial charge in [-0.25, -0.2) is 4.79 Å². The lowest BCUT2D eigenvalue weighted by Gasteiger charge is -2.05. The van der Waals surface area contributed by atoms with Crippen molar-refractivity contribution >= 4 is 11.7 Å². The van der Waals surface area contributed by atoms with Gasteiger partial charge in [-0.1, -0.05) is 19.4 Å². The van der Waals surface area contributed by atoms with E-state index in [0.29, 0.717) is 17.9 Å². The Balaban J connectivity index is 2.62. The summed E-state index contributed by atoms with van der Waals surface area (Å²) in [7, 11) is 0. The van der Waals surface area contributed by atoms with E-state index in [1.165, 1.54) is 0 Å². The maximum absolute atomic E-state index is 11.5. The van der Waals surface area contributed by atoms with E-state index in [1.54, 1.807) is 12.1 Å². The molecule has 1 rings (SSSR count). The molecule has 0 saturated heterocycles. The van der Waals surface area contributed by atoms with Crippen LogP contribution in [0.2, 0.25) is 0 Å². The maximum Gasteiger partial charge on any atom is 0.338 e. The van der Waals surface area contributed by atoms with Gasteiger partial charge in [-0.05, 0) is 31.0 Å². The molecule has 82 valence electrons. The highest BCUT2D eigenvalue weighted by Crippen LogP contribution is 2.13. The molecule has 0 heterocycles. The average molecular weight is 207 g/mol. The molecule has 0 aliphatic rings. The van der Waals surface area contributed by atoms with Gasteiger partial charge >= 0.3 is 5.97 Å². The number of hydrogen-bond acceptors (Lipinski definition) is 3. The van der Waals surface area contributed by atoms with E-state index in [4.69, 9.17) is 10.5 Å². The third kappa shape index (κ3) is 3.27. The first-order valence-electron chi connectivity index (χ1n) is 5.18. The van der Waals surface area contributed by atoms with E-state index in [-0.39, 0.29) is 5.97 Å². The SMILES string of the molecule is CCCCOC(=O)c1ccc(C)c(N)c1. The summed E-state index contributed by atoms with van der Waals surface area (Å²) in [6, 6.07) is 5.22. The van der Waals surface area contributed by atoms with Crippen molar-refractivity contribution in [2.45, 2.75) is 26.7 Å². The van der Waals surface area contributed by atoms with Crippen LogP contribution in [0.25, 0.3) is 0 Å². The van der Waals surface area contributed by atoms with Gasteiger partial charge in [-0.3, -0.25) is 0 Å². The van der Waals surface area contributed by atoms with Gasteiger partial charge in [0.05, 0.1) is 12.2 Å². The first kappa shape index (κ1) is 11.6. The molecule has 0 saturated carbocycles. The van der Waals surface area contributed by atoms with Gasteiger partial charge in [0.2, 0.25) is 0 Å². The highest BCUT2D eigenvalue weighted by molar-refractivity contribution is 5.90. The Kier molecular flexibility index (Phi) is 4.16. The molecule has 2 N–H and O–H groups in total. The fourth-order valence-corrected chi connectivity index (χ4v) is 1.16. The van der Waals surface area contributed by atoms with Gasteiger partial charge in [0.25, 0.3) is 0 Å². The topological polar surface area (TPSA) is 52.3 Å². The average Bonchev–Trinajstić information content (AvgIpc) is 2.22. The Morgan fingerprint density at radius 2 is 2.20 bits per heavy atom. The fourth-order valence-electron chi connectivity index (χ4n) is 1.16. The van der Waals surface area contributed by atoms with Crippen LogP contribution in [0.3, 0.4) is 0 Å².